The van der Waals surface area contributed by atoms with Crippen LogP contribution in [-0.2, 0) is 5.75 Å². The number of nitrogen functional groups attached to an aromatic ring is 1. The Hall–Kier alpha value is -1.81. The largest absolute Gasteiger partial charge is 0.508 e. The van der Waals surface area contributed by atoms with Gasteiger partial charge in [0.25, 0.3) is 0 Å². The molecule has 0 radical (unpaired) electrons. The number of phenolic OH excluding ortho intramolecular Hbond substituents is 1. The highest BCUT2D eigenvalue weighted by Crippen LogP contribution is 2.29. The van der Waals surface area contributed by atoms with Gasteiger partial charge in [0.2, 0.25) is 0 Å². The van der Waals surface area contributed by atoms with E-state index in [1.54, 1.807) is 37.1 Å². The van der Waals surface area contributed by atoms with Gasteiger partial charge >= 0.3 is 0 Å². The van der Waals surface area contributed by atoms with E-state index in [2.05, 4.69) is 0 Å². The molecule has 0 unspecified atom stereocenters. The first-order valence-electron chi connectivity index (χ1n) is 5.53. The lowest BCUT2D eigenvalue weighted by molar-refractivity contribution is 0.414. The summed E-state index contributed by atoms with van der Waals surface area (Å²) < 4.78 is 5.10. The van der Waals surface area contributed by atoms with Crippen LogP contribution in [0.25, 0.3) is 0 Å². The monoisotopic (exact) mass is 261 g/mol. The zero-order valence-corrected chi connectivity index (χ0v) is 10.9. The van der Waals surface area contributed by atoms with Crippen molar-refractivity contribution in [2.24, 2.45) is 0 Å². The minimum Gasteiger partial charge on any atom is -0.508 e. The average molecular weight is 261 g/mol. The van der Waals surface area contributed by atoms with Crippen molar-refractivity contribution in [3.63, 3.8) is 0 Å². The summed E-state index contributed by atoms with van der Waals surface area (Å²) in [6.45, 7) is 0. The predicted molar refractivity (Wildman–Crippen MR) is 75.1 cm³/mol. The summed E-state index contributed by atoms with van der Waals surface area (Å²) in [5, 5.41) is 9.71. The molecule has 0 heterocycles. The van der Waals surface area contributed by atoms with E-state index in [4.69, 9.17) is 10.5 Å². The second kappa shape index (κ2) is 5.69. The quantitative estimate of drug-likeness (QED) is 0.504. The van der Waals surface area contributed by atoms with Crippen LogP contribution in [0.15, 0.2) is 47.4 Å². The standard InChI is InChI=1S/C14H15NO2S/c1-17-12-3-5-13(6-4-12)18-9-10-8-11(15)2-7-14(10)16/h2-8,16H,9,15H2,1H3. The summed E-state index contributed by atoms with van der Waals surface area (Å²) in [5.41, 5.74) is 7.21. The maximum Gasteiger partial charge on any atom is 0.119 e. The van der Waals surface area contributed by atoms with Crippen LogP contribution < -0.4 is 10.5 Å². The molecule has 0 saturated carbocycles. The number of methoxy groups -OCH3 is 1. The molecule has 94 valence electrons. The SMILES string of the molecule is COc1ccc(SCc2cc(N)ccc2O)cc1. The molecule has 0 aliphatic heterocycles. The van der Waals surface area contributed by atoms with E-state index in [9.17, 15) is 5.11 Å². The van der Waals surface area contributed by atoms with Gasteiger partial charge in [0.15, 0.2) is 0 Å². The zero-order chi connectivity index (χ0) is 13.0. The van der Waals surface area contributed by atoms with E-state index >= 15 is 0 Å². The number of aromatic hydroxyl groups is 1. The number of ether oxygens (including phenoxy) is 1. The van der Waals surface area contributed by atoms with Crippen molar-refractivity contribution in [1.29, 1.82) is 0 Å². The summed E-state index contributed by atoms with van der Waals surface area (Å²) in [6.07, 6.45) is 0. The molecule has 0 aliphatic rings. The van der Waals surface area contributed by atoms with Crippen molar-refractivity contribution in [3.8, 4) is 11.5 Å². The first kappa shape index (κ1) is 12.6. The Morgan fingerprint density at radius 1 is 1.17 bits per heavy atom. The first-order valence-corrected chi connectivity index (χ1v) is 6.52. The van der Waals surface area contributed by atoms with E-state index < -0.39 is 0 Å². The fraction of sp³-hybridized carbons (Fsp3) is 0.143. The van der Waals surface area contributed by atoms with Crippen LogP contribution in [0.1, 0.15) is 5.56 Å². The lowest BCUT2D eigenvalue weighted by atomic mass is 10.2. The normalized spacial score (nSPS) is 10.3. The molecular weight excluding hydrogens is 246 g/mol. The van der Waals surface area contributed by atoms with E-state index in [1.807, 2.05) is 24.3 Å². The third-order valence-corrected chi connectivity index (χ3v) is 3.62. The predicted octanol–water partition coefficient (Wildman–Crippen LogP) is 3.28. The summed E-state index contributed by atoms with van der Waals surface area (Å²) in [7, 11) is 1.65. The molecule has 4 heteroatoms. The fourth-order valence-electron chi connectivity index (χ4n) is 1.55. The molecule has 0 atom stereocenters. The van der Waals surface area contributed by atoms with Crippen LogP contribution in [0, 0.1) is 0 Å². The molecular formula is C14H15NO2S. The summed E-state index contributed by atoms with van der Waals surface area (Å²) in [6, 6.07) is 12.9. The molecule has 0 amide bonds. The number of hydrogen-bond donors (Lipinski definition) is 2. The molecule has 0 spiro atoms. The minimum absolute atomic E-state index is 0.283. The van der Waals surface area contributed by atoms with E-state index in [0.717, 1.165) is 16.2 Å². The van der Waals surface area contributed by atoms with E-state index in [-0.39, 0.29) is 5.75 Å². The van der Waals surface area contributed by atoms with Crippen molar-refractivity contribution in [2.45, 2.75) is 10.6 Å². The highest BCUT2D eigenvalue weighted by atomic mass is 32.2. The van der Waals surface area contributed by atoms with Crippen LogP contribution >= 0.6 is 11.8 Å². The maximum atomic E-state index is 9.71. The fourth-order valence-corrected chi connectivity index (χ4v) is 2.44. The highest BCUT2D eigenvalue weighted by molar-refractivity contribution is 7.98. The van der Waals surface area contributed by atoms with Gasteiger partial charge in [0.1, 0.15) is 11.5 Å². The Balaban J connectivity index is 2.04. The molecule has 18 heavy (non-hydrogen) atoms. The number of thioether (sulfide) groups is 1. The Kier molecular flexibility index (Phi) is 3.99. The molecule has 3 N–H and O–H groups in total. The molecule has 3 nitrogen and oxygen atoms in total. The van der Waals surface area contributed by atoms with Crippen LogP contribution in [0.5, 0.6) is 11.5 Å². The number of rotatable bonds is 4. The van der Waals surface area contributed by atoms with Gasteiger partial charge < -0.3 is 15.6 Å². The van der Waals surface area contributed by atoms with Crippen molar-refractivity contribution in [1.82, 2.24) is 0 Å². The Morgan fingerprint density at radius 3 is 2.56 bits per heavy atom. The summed E-state index contributed by atoms with van der Waals surface area (Å²) >= 11 is 1.64. The number of anilines is 1. The molecule has 0 aromatic heterocycles. The van der Waals surface area contributed by atoms with Crippen molar-refractivity contribution in [3.05, 3.63) is 48.0 Å². The van der Waals surface area contributed by atoms with Crippen LogP contribution in [0.3, 0.4) is 0 Å². The zero-order valence-electron chi connectivity index (χ0n) is 10.1. The highest BCUT2D eigenvalue weighted by Gasteiger charge is 2.03. The van der Waals surface area contributed by atoms with Gasteiger partial charge in [-0.1, -0.05) is 0 Å². The molecule has 2 rings (SSSR count). The second-order valence-corrected chi connectivity index (χ2v) is 4.90. The molecule has 0 aliphatic carbocycles. The van der Waals surface area contributed by atoms with Gasteiger partial charge in [0, 0.05) is 21.9 Å². The lowest BCUT2D eigenvalue weighted by Gasteiger charge is -2.06. The molecule has 0 bridgehead atoms. The van der Waals surface area contributed by atoms with Gasteiger partial charge in [-0.25, -0.2) is 0 Å². The Morgan fingerprint density at radius 2 is 1.89 bits per heavy atom. The molecule has 2 aromatic rings. The Bertz CT molecular complexity index is 526. The van der Waals surface area contributed by atoms with Crippen molar-refractivity contribution < 1.29 is 9.84 Å². The van der Waals surface area contributed by atoms with Crippen LogP contribution in [0.4, 0.5) is 5.69 Å². The van der Waals surface area contributed by atoms with Crippen LogP contribution in [0.2, 0.25) is 0 Å². The molecule has 0 saturated heterocycles. The van der Waals surface area contributed by atoms with Crippen molar-refractivity contribution >= 4 is 17.4 Å². The number of phenols is 1. The summed E-state index contributed by atoms with van der Waals surface area (Å²) in [5.74, 6) is 1.81. The second-order valence-electron chi connectivity index (χ2n) is 3.85. The van der Waals surface area contributed by atoms with Gasteiger partial charge in [-0.2, -0.15) is 0 Å². The lowest BCUT2D eigenvalue weighted by Crippen LogP contribution is -1.88. The number of nitrogens with two attached hydrogens (primary N) is 1. The van der Waals surface area contributed by atoms with E-state index in [0.29, 0.717) is 11.4 Å². The number of hydrogen-bond acceptors (Lipinski definition) is 4. The van der Waals surface area contributed by atoms with Crippen molar-refractivity contribution in [2.75, 3.05) is 12.8 Å². The van der Waals surface area contributed by atoms with Gasteiger partial charge in [0.05, 0.1) is 7.11 Å². The minimum atomic E-state index is 0.283. The van der Waals surface area contributed by atoms with E-state index in [1.165, 1.54) is 0 Å². The third-order valence-electron chi connectivity index (χ3n) is 2.56. The average Bonchev–Trinajstić information content (AvgIpc) is 2.40. The topological polar surface area (TPSA) is 55.5 Å². The van der Waals surface area contributed by atoms with Gasteiger partial charge in [-0.3, -0.25) is 0 Å². The van der Waals surface area contributed by atoms with Gasteiger partial charge in [-0.05, 0) is 42.5 Å². The third kappa shape index (κ3) is 3.11. The maximum absolute atomic E-state index is 9.71. The van der Waals surface area contributed by atoms with Gasteiger partial charge in [-0.15, -0.1) is 11.8 Å². The smallest absolute Gasteiger partial charge is 0.119 e. The molecule has 0 fully saturated rings. The first-order chi connectivity index (χ1) is 8.69. The Labute approximate surface area is 111 Å². The summed E-state index contributed by atoms with van der Waals surface area (Å²) in [4.78, 5) is 1.12. The van der Waals surface area contributed by atoms with Crippen LogP contribution in [-0.4, -0.2) is 12.2 Å². The number of benzene rings is 2. The molecule has 2 aromatic carbocycles.